The van der Waals surface area contributed by atoms with Crippen molar-refractivity contribution in [2.24, 2.45) is 0 Å². The van der Waals surface area contributed by atoms with Crippen molar-refractivity contribution < 1.29 is 37.6 Å². The molecule has 0 bridgehead atoms. The van der Waals surface area contributed by atoms with E-state index in [1.54, 1.807) is 6.92 Å². The predicted octanol–water partition coefficient (Wildman–Crippen LogP) is 15.9. The minimum atomic E-state index is -4.30. The summed E-state index contributed by atoms with van der Waals surface area (Å²) in [5.74, 6) is -0.860. The second-order valence-electron chi connectivity index (χ2n) is 16.1. The van der Waals surface area contributed by atoms with Crippen molar-refractivity contribution in [1.29, 1.82) is 0 Å². The molecule has 2 unspecified atom stereocenters. The van der Waals surface area contributed by atoms with Gasteiger partial charge in [-0.1, -0.05) is 216 Å². The maximum atomic E-state index is 12.6. The molecule has 1 N–H and O–H groups in total. The number of rotatable bonds is 45. The molecule has 0 spiro atoms. The van der Waals surface area contributed by atoms with Crippen LogP contribution in [0.5, 0.6) is 0 Å². The number of phosphoric ester groups is 1. The van der Waals surface area contributed by atoms with Crippen LogP contribution in [-0.4, -0.2) is 42.8 Å². The van der Waals surface area contributed by atoms with Crippen molar-refractivity contribution in [3.8, 4) is 0 Å². The van der Waals surface area contributed by atoms with Crippen molar-refractivity contribution in [1.82, 2.24) is 0 Å². The van der Waals surface area contributed by atoms with E-state index in [0.717, 1.165) is 51.4 Å². The topological polar surface area (TPSA) is 108 Å². The third-order valence-electron chi connectivity index (χ3n) is 10.3. The van der Waals surface area contributed by atoms with Crippen LogP contribution in [-0.2, 0) is 32.7 Å². The number of ether oxygens (including phenoxy) is 2. The monoisotopic (exact) mass is 863 g/mol. The molecule has 0 fully saturated rings. The Kier molecular flexibility index (Phi) is 44.5. The number of carbonyl (C=O) groups is 2. The van der Waals surface area contributed by atoms with Gasteiger partial charge in [0, 0.05) is 12.8 Å². The fourth-order valence-electron chi connectivity index (χ4n) is 6.78. The minimum absolute atomic E-state index is 0.0113. The van der Waals surface area contributed by atoms with E-state index in [0.29, 0.717) is 12.8 Å². The second-order valence-corrected chi connectivity index (χ2v) is 17.6. The highest BCUT2D eigenvalue weighted by atomic mass is 31.2. The molecule has 348 valence electrons. The highest BCUT2D eigenvalue weighted by Gasteiger charge is 2.25. The summed E-state index contributed by atoms with van der Waals surface area (Å²) in [6.07, 6.45) is 57.3. The van der Waals surface area contributed by atoms with E-state index in [1.807, 2.05) is 6.08 Å². The van der Waals surface area contributed by atoms with Gasteiger partial charge in [-0.2, -0.15) is 0 Å². The first kappa shape index (κ1) is 57.8. The normalized spacial score (nSPS) is 13.7. The molecule has 8 nitrogen and oxygen atoms in total. The van der Waals surface area contributed by atoms with Crippen LogP contribution in [0.25, 0.3) is 0 Å². The molecule has 60 heavy (non-hydrogen) atoms. The number of hydrogen-bond acceptors (Lipinski definition) is 7. The van der Waals surface area contributed by atoms with E-state index in [9.17, 15) is 19.0 Å². The Hall–Kier alpha value is -2.25. The van der Waals surface area contributed by atoms with Crippen molar-refractivity contribution in [2.75, 3.05) is 19.8 Å². The smallest absolute Gasteiger partial charge is 0.462 e. The van der Waals surface area contributed by atoms with Gasteiger partial charge in [0.2, 0.25) is 0 Å². The summed E-state index contributed by atoms with van der Waals surface area (Å²) in [5, 5.41) is 0. The van der Waals surface area contributed by atoms with E-state index >= 15 is 0 Å². The van der Waals surface area contributed by atoms with Gasteiger partial charge in [0.05, 0.1) is 13.2 Å². The molecule has 0 aromatic rings. The lowest BCUT2D eigenvalue weighted by Gasteiger charge is -2.19. The van der Waals surface area contributed by atoms with Gasteiger partial charge in [-0.3, -0.25) is 18.6 Å². The lowest BCUT2D eigenvalue weighted by atomic mass is 10.0. The molecule has 0 amide bonds. The number of allylic oxidation sites excluding steroid dienone is 10. The zero-order valence-electron chi connectivity index (χ0n) is 38.9. The van der Waals surface area contributed by atoms with E-state index in [1.165, 1.54) is 128 Å². The Bertz CT molecular complexity index is 1160. The molecule has 0 saturated heterocycles. The number of unbranched alkanes of at least 4 members (excludes halogenated alkanes) is 23. The van der Waals surface area contributed by atoms with Crippen LogP contribution >= 0.6 is 7.82 Å². The van der Waals surface area contributed by atoms with Gasteiger partial charge in [-0.25, -0.2) is 4.57 Å². The zero-order valence-corrected chi connectivity index (χ0v) is 39.7. The third-order valence-corrected chi connectivity index (χ3v) is 11.4. The molecule has 0 aliphatic rings. The van der Waals surface area contributed by atoms with Crippen molar-refractivity contribution in [3.05, 3.63) is 60.8 Å². The van der Waals surface area contributed by atoms with Crippen LogP contribution in [0.3, 0.4) is 0 Å². The standard InChI is InChI=1S/C51H91O8P/c1-4-7-9-11-13-15-17-19-21-23-24-25-26-27-28-30-31-33-35-37-39-41-43-45-50(52)56-47-49(48-58-60(54,55)57-6-3)59-51(53)46-44-42-40-38-36-34-32-29-22-20-18-16-14-12-10-8-5-2/h8,10,14,16,20,22,32,34,38,40,49H,4-7,9,11-13,15,17-19,21,23-31,33,35-37,39,41-48H2,1-3H3,(H,54,55)/b10-8-,16-14-,22-20-,34-32-,40-38-. The van der Waals surface area contributed by atoms with Gasteiger partial charge in [-0.15, -0.1) is 0 Å². The van der Waals surface area contributed by atoms with Gasteiger partial charge in [0.25, 0.3) is 0 Å². The van der Waals surface area contributed by atoms with Crippen LogP contribution in [0.15, 0.2) is 60.8 Å². The first-order valence-electron chi connectivity index (χ1n) is 24.6. The van der Waals surface area contributed by atoms with Gasteiger partial charge in [-0.05, 0) is 58.3 Å². The molecular formula is C51H91O8P. The second kappa shape index (κ2) is 46.3. The summed E-state index contributed by atoms with van der Waals surface area (Å²) >= 11 is 0. The summed E-state index contributed by atoms with van der Waals surface area (Å²) in [7, 11) is -4.30. The minimum Gasteiger partial charge on any atom is -0.462 e. The number of phosphoric acid groups is 1. The fraction of sp³-hybridized carbons (Fsp3) is 0.765. The van der Waals surface area contributed by atoms with E-state index in [2.05, 4.69) is 68.5 Å². The molecule has 2 atom stereocenters. The first-order valence-corrected chi connectivity index (χ1v) is 26.1. The van der Waals surface area contributed by atoms with Gasteiger partial charge < -0.3 is 14.4 Å². The lowest BCUT2D eigenvalue weighted by Crippen LogP contribution is -2.29. The molecule has 0 aliphatic carbocycles. The molecule has 0 radical (unpaired) electrons. The average Bonchev–Trinajstić information content (AvgIpc) is 3.23. The molecular weight excluding hydrogens is 772 g/mol. The van der Waals surface area contributed by atoms with Crippen LogP contribution in [0.2, 0.25) is 0 Å². The van der Waals surface area contributed by atoms with Crippen LogP contribution in [0.4, 0.5) is 0 Å². The Morgan fingerprint density at radius 2 is 0.850 bits per heavy atom. The Morgan fingerprint density at radius 3 is 1.27 bits per heavy atom. The van der Waals surface area contributed by atoms with Crippen LogP contribution in [0.1, 0.15) is 226 Å². The fourth-order valence-corrected chi connectivity index (χ4v) is 7.54. The molecule has 9 heteroatoms. The highest BCUT2D eigenvalue weighted by Crippen LogP contribution is 2.43. The average molecular weight is 863 g/mol. The number of carbonyl (C=O) groups excluding carboxylic acids is 2. The van der Waals surface area contributed by atoms with Crippen molar-refractivity contribution >= 4 is 19.8 Å². The Balaban J connectivity index is 4.03. The summed E-state index contributed by atoms with van der Waals surface area (Å²) in [6.45, 7) is 5.32. The van der Waals surface area contributed by atoms with E-state index in [4.69, 9.17) is 18.5 Å². The van der Waals surface area contributed by atoms with Gasteiger partial charge in [0.15, 0.2) is 6.10 Å². The summed E-state index contributed by atoms with van der Waals surface area (Å²) < 4.78 is 32.7. The molecule has 0 aromatic carbocycles. The predicted molar refractivity (Wildman–Crippen MR) is 253 cm³/mol. The molecule has 0 aliphatic heterocycles. The Morgan fingerprint density at radius 1 is 0.467 bits per heavy atom. The van der Waals surface area contributed by atoms with Gasteiger partial charge in [0.1, 0.15) is 6.61 Å². The largest absolute Gasteiger partial charge is 0.472 e. The van der Waals surface area contributed by atoms with Crippen LogP contribution < -0.4 is 0 Å². The van der Waals surface area contributed by atoms with E-state index in [-0.39, 0.29) is 32.0 Å². The SMILES string of the molecule is CC/C=C\C/C=C\C/C=C\C/C=C\C/C=C\CCCC(=O)OC(COC(=O)CCCCCCCCCCCCCCCCCCCCCCCCC)COP(=O)(O)OCC. The van der Waals surface area contributed by atoms with E-state index < -0.39 is 26.5 Å². The molecule has 0 rings (SSSR count). The summed E-state index contributed by atoms with van der Waals surface area (Å²) in [6, 6.07) is 0. The lowest BCUT2D eigenvalue weighted by molar-refractivity contribution is -0.161. The molecule has 0 saturated carbocycles. The maximum absolute atomic E-state index is 12.6. The highest BCUT2D eigenvalue weighted by molar-refractivity contribution is 7.47. The Labute approximate surface area is 369 Å². The number of esters is 2. The zero-order chi connectivity index (χ0) is 43.9. The summed E-state index contributed by atoms with van der Waals surface area (Å²) in [4.78, 5) is 34.8. The summed E-state index contributed by atoms with van der Waals surface area (Å²) in [5.41, 5.74) is 0. The molecule has 0 heterocycles. The van der Waals surface area contributed by atoms with Crippen molar-refractivity contribution in [3.63, 3.8) is 0 Å². The van der Waals surface area contributed by atoms with Crippen LogP contribution in [0, 0.1) is 0 Å². The first-order chi connectivity index (χ1) is 29.3. The quantitative estimate of drug-likeness (QED) is 0.0279. The van der Waals surface area contributed by atoms with Gasteiger partial charge >= 0.3 is 19.8 Å². The molecule has 0 aromatic heterocycles. The van der Waals surface area contributed by atoms with Crippen molar-refractivity contribution in [2.45, 2.75) is 232 Å². The maximum Gasteiger partial charge on any atom is 0.472 e. The third kappa shape index (κ3) is 45.3. The number of hydrogen-bond donors (Lipinski definition) is 1.